The normalized spacial score (nSPS) is 12.7. The van der Waals surface area contributed by atoms with Gasteiger partial charge in [-0.3, -0.25) is 4.57 Å². The molecule has 0 fully saturated rings. The van der Waals surface area contributed by atoms with Crippen molar-refractivity contribution >= 4 is 11.8 Å². The quantitative estimate of drug-likeness (QED) is 0.727. The number of H-pyrrole nitrogens is 1. The summed E-state index contributed by atoms with van der Waals surface area (Å²) in [6.07, 6.45) is 0. The van der Waals surface area contributed by atoms with Gasteiger partial charge < -0.3 is 5.32 Å². The first-order valence-electron chi connectivity index (χ1n) is 4.96. The summed E-state index contributed by atoms with van der Waals surface area (Å²) in [6, 6.07) is 1.94. The molecule has 0 bridgehead atoms. The Balaban J connectivity index is 2.75. The number of hydrogen-bond acceptors (Lipinski definition) is 5. The summed E-state index contributed by atoms with van der Waals surface area (Å²) >= 11 is 1.39. The summed E-state index contributed by atoms with van der Waals surface area (Å²) in [7, 11) is 1.73. The molecule has 1 heterocycles. The zero-order chi connectivity index (χ0) is 12.1. The molecule has 0 aromatic carbocycles. The fourth-order valence-electron chi connectivity index (χ4n) is 1.19. The zero-order valence-electron chi connectivity index (χ0n) is 9.52. The molecule has 88 valence electrons. The van der Waals surface area contributed by atoms with Crippen LogP contribution < -0.4 is 11.0 Å². The van der Waals surface area contributed by atoms with Gasteiger partial charge in [-0.2, -0.15) is 5.26 Å². The molecule has 2 N–H and O–H groups in total. The number of nitrogens with zero attached hydrogens (tertiary/aromatic N) is 3. The third kappa shape index (κ3) is 2.87. The van der Waals surface area contributed by atoms with E-state index in [1.807, 2.05) is 13.8 Å². The van der Waals surface area contributed by atoms with E-state index in [9.17, 15) is 4.79 Å². The average molecular weight is 241 g/mol. The molecule has 0 radical (unpaired) electrons. The van der Waals surface area contributed by atoms with E-state index in [-0.39, 0.29) is 17.8 Å². The van der Waals surface area contributed by atoms with Gasteiger partial charge in [0.2, 0.25) is 0 Å². The first kappa shape index (κ1) is 12.8. The summed E-state index contributed by atoms with van der Waals surface area (Å²) in [6.45, 7) is 3.83. The molecule has 0 amide bonds. The van der Waals surface area contributed by atoms with Gasteiger partial charge in [0.05, 0.1) is 6.07 Å². The molecule has 0 aliphatic heterocycles. The Labute approximate surface area is 98.0 Å². The highest BCUT2D eigenvalue weighted by atomic mass is 32.2. The monoisotopic (exact) mass is 241 g/mol. The van der Waals surface area contributed by atoms with E-state index in [4.69, 9.17) is 5.26 Å². The van der Waals surface area contributed by atoms with Gasteiger partial charge in [0.1, 0.15) is 6.04 Å². The Bertz CT molecular complexity index is 430. The van der Waals surface area contributed by atoms with Gasteiger partial charge in [0, 0.05) is 11.8 Å². The Morgan fingerprint density at radius 2 is 2.38 bits per heavy atom. The Morgan fingerprint density at radius 1 is 1.69 bits per heavy atom. The molecule has 1 rings (SSSR count). The van der Waals surface area contributed by atoms with Gasteiger partial charge in [-0.1, -0.05) is 11.8 Å². The fourth-order valence-corrected chi connectivity index (χ4v) is 2.29. The SMILES string of the molecule is CNC(C#N)CSc1n[nH]c(=O)n1C(C)C. The van der Waals surface area contributed by atoms with Crippen molar-refractivity contribution < 1.29 is 0 Å². The lowest BCUT2D eigenvalue weighted by Gasteiger charge is -2.10. The van der Waals surface area contributed by atoms with Gasteiger partial charge in [-0.25, -0.2) is 9.89 Å². The Hall–Kier alpha value is -1.26. The molecule has 1 aromatic heterocycles. The minimum atomic E-state index is -0.239. The summed E-state index contributed by atoms with van der Waals surface area (Å²) < 4.78 is 1.58. The van der Waals surface area contributed by atoms with Gasteiger partial charge in [-0.05, 0) is 20.9 Å². The largest absolute Gasteiger partial charge is 0.344 e. The summed E-state index contributed by atoms with van der Waals surface area (Å²) in [5.41, 5.74) is -0.213. The third-order valence-electron chi connectivity index (χ3n) is 2.07. The molecule has 1 aromatic rings. The standard InChI is InChI=1S/C9H15N5OS/c1-6(2)14-8(15)12-13-9(14)16-5-7(4-10)11-3/h6-7,11H,5H2,1-3H3,(H,12,15). The average Bonchev–Trinajstić information content (AvgIpc) is 2.61. The highest BCUT2D eigenvalue weighted by molar-refractivity contribution is 7.99. The second kappa shape index (κ2) is 5.72. The van der Waals surface area contributed by atoms with Gasteiger partial charge in [-0.15, -0.1) is 5.10 Å². The molecule has 16 heavy (non-hydrogen) atoms. The summed E-state index contributed by atoms with van der Waals surface area (Å²) in [5, 5.41) is 18.6. The van der Waals surface area contributed by atoms with Crippen molar-refractivity contribution in [1.29, 1.82) is 5.26 Å². The molecule has 6 nitrogen and oxygen atoms in total. The lowest BCUT2D eigenvalue weighted by atomic mass is 10.4. The second-order valence-corrected chi connectivity index (χ2v) is 4.54. The van der Waals surface area contributed by atoms with E-state index in [1.165, 1.54) is 11.8 Å². The molecule has 0 saturated carbocycles. The van der Waals surface area contributed by atoms with Crippen molar-refractivity contribution in [1.82, 2.24) is 20.1 Å². The van der Waals surface area contributed by atoms with Gasteiger partial charge in [0.15, 0.2) is 5.16 Å². The van der Waals surface area contributed by atoms with E-state index < -0.39 is 0 Å². The topological polar surface area (TPSA) is 86.5 Å². The predicted molar refractivity (Wildman–Crippen MR) is 62.4 cm³/mol. The van der Waals surface area contributed by atoms with E-state index in [1.54, 1.807) is 11.6 Å². The molecule has 1 unspecified atom stereocenters. The zero-order valence-corrected chi connectivity index (χ0v) is 10.3. The van der Waals surface area contributed by atoms with E-state index in [2.05, 4.69) is 21.6 Å². The van der Waals surface area contributed by atoms with Crippen LogP contribution in [-0.2, 0) is 0 Å². The number of aromatic nitrogens is 3. The van der Waals surface area contributed by atoms with Crippen molar-refractivity contribution in [3.63, 3.8) is 0 Å². The molecule has 0 aliphatic carbocycles. The van der Waals surface area contributed by atoms with Crippen molar-refractivity contribution in [2.75, 3.05) is 12.8 Å². The minimum Gasteiger partial charge on any atom is -0.304 e. The van der Waals surface area contributed by atoms with Crippen LogP contribution in [0.5, 0.6) is 0 Å². The molecule has 1 atom stereocenters. The van der Waals surface area contributed by atoms with Crippen LogP contribution in [0.15, 0.2) is 9.95 Å². The smallest absolute Gasteiger partial charge is 0.304 e. The summed E-state index contributed by atoms with van der Waals surface area (Å²) in [4.78, 5) is 11.4. The minimum absolute atomic E-state index is 0.0591. The Kier molecular flexibility index (Phi) is 4.58. The van der Waals surface area contributed by atoms with Crippen molar-refractivity contribution in [3.8, 4) is 6.07 Å². The molecule has 0 saturated heterocycles. The van der Waals surface area contributed by atoms with E-state index >= 15 is 0 Å². The highest BCUT2D eigenvalue weighted by Gasteiger charge is 2.13. The number of hydrogen-bond donors (Lipinski definition) is 2. The highest BCUT2D eigenvalue weighted by Crippen LogP contribution is 2.17. The molecular formula is C9H15N5OS. The van der Waals surface area contributed by atoms with Crippen LogP contribution in [0.2, 0.25) is 0 Å². The van der Waals surface area contributed by atoms with Crippen LogP contribution in [0.3, 0.4) is 0 Å². The number of nitriles is 1. The molecular weight excluding hydrogens is 226 g/mol. The van der Waals surface area contributed by atoms with Crippen LogP contribution in [-0.4, -0.2) is 33.6 Å². The number of aromatic amines is 1. The van der Waals surface area contributed by atoms with Crippen molar-refractivity contribution in [2.24, 2.45) is 0 Å². The maximum absolute atomic E-state index is 11.4. The number of rotatable bonds is 5. The first-order valence-corrected chi connectivity index (χ1v) is 5.95. The van der Waals surface area contributed by atoms with Crippen LogP contribution in [0.25, 0.3) is 0 Å². The van der Waals surface area contributed by atoms with E-state index in [0.29, 0.717) is 10.9 Å². The number of thioether (sulfide) groups is 1. The van der Waals surface area contributed by atoms with Crippen LogP contribution >= 0.6 is 11.8 Å². The Morgan fingerprint density at radius 3 is 2.88 bits per heavy atom. The van der Waals surface area contributed by atoms with E-state index in [0.717, 1.165) is 0 Å². The van der Waals surface area contributed by atoms with Crippen molar-refractivity contribution in [2.45, 2.75) is 31.1 Å². The maximum atomic E-state index is 11.4. The molecule has 0 aliphatic rings. The van der Waals surface area contributed by atoms with Gasteiger partial charge >= 0.3 is 5.69 Å². The lowest BCUT2D eigenvalue weighted by Crippen LogP contribution is -2.26. The summed E-state index contributed by atoms with van der Waals surface area (Å²) in [5.74, 6) is 0.560. The van der Waals surface area contributed by atoms with Crippen LogP contribution in [0, 0.1) is 11.3 Å². The maximum Gasteiger partial charge on any atom is 0.344 e. The van der Waals surface area contributed by atoms with Crippen LogP contribution in [0.4, 0.5) is 0 Å². The third-order valence-corrected chi connectivity index (χ3v) is 3.12. The first-order chi connectivity index (χ1) is 7.60. The predicted octanol–water partition coefficient (Wildman–Crippen LogP) is 0.356. The van der Waals surface area contributed by atoms with Gasteiger partial charge in [0.25, 0.3) is 0 Å². The molecule has 0 spiro atoms. The molecule has 7 heteroatoms. The number of nitrogens with one attached hydrogen (secondary N) is 2. The van der Waals surface area contributed by atoms with Crippen LogP contribution in [0.1, 0.15) is 19.9 Å². The fraction of sp³-hybridized carbons (Fsp3) is 0.667. The van der Waals surface area contributed by atoms with Crippen molar-refractivity contribution in [3.05, 3.63) is 10.5 Å². The second-order valence-electron chi connectivity index (χ2n) is 3.56. The lowest BCUT2D eigenvalue weighted by molar-refractivity contribution is 0.533.